The Morgan fingerprint density at radius 2 is 1.95 bits per heavy atom. The van der Waals surface area contributed by atoms with E-state index in [2.05, 4.69) is 15.3 Å². The molecule has 21 heavy (non-hydrogen) atoms. The molecular weight excluding hydrogens is 274 g/mol. The number of amides is 1. The number of carbonyl (C=O) groups excluding carboxylic acids is 1. The summed E-state index contributed by atoms with van der Waals surface area (Å²) in [6.07, 6.45) is 2.94. The van der Waals surface area contributed by atoms with Crippen LogP contribution >= 0.6 is 0 Å². The van der Waals surface area contributed by atoms with Gasteiger partial charge in [0.15, 0.2) is 0 Å². The molecule has 0 spiro atoms. The molecule has 0 radical (unpaired) electrons. The topological polar surface area (TPSA) is 101 Å². The van der Waals surface area contributed by atoms with E-state index in [0.717, 1.165) is 0 Å². The minimum atomic E-state index is -0.550. The van der Waals surface area contributed by atoms with E-state index in [-0.39, 0.29) is 11.3 Å². The lowest BCUT2D eigenvalue weighted by atomic mass is 10.2. The maximum Gasteiger partial charge on any atom is 0.270 e. The van der Waals surface area contributed by atoms with Gasteiger partial charge < -0.3 is 10.2 Å². The summed E-state index contributed by atoms with van der Waals surface area (Å²) in [6, 6.07) is 5.49. The summed E-state index contributed by atoms with van der Waals surface area (Å²) >= 11 is 0. The first-order valence-corrected chi connectivity index (χ1v) is 6.02. The van der Waals surface area contributed by atoms with Crippen LogP contribution in [-0.2, 0) is 0 Å². The molecule has 108 valence electrons. The largest absolute Gasteiger partial charge is 0.347 e. The average Bonchev–Trinajstić information content (AvgIpc) is 2.48. The summed E-state index contributed by atoms with van der Waals surface area (Å²) in [6.45, 7) is 0. The molecule has 1 N–H and O–H groups in total. The maximum absolute atomic E-state index is 12.0. The fraction of sp³-hybridized carbons (Fsp3) is 0.154. The third kappa shape index (κ3) is 3.50. The van der Waals surface area contributed by atoms with Crippen LogP contribution in [0.15, 0.2) is 36.7 Å². The van der Waals surface area contributed by atoms with Gasteiger partial charge in [-0.05, 0) is 6.07 Å². The smallest absolute Gasteiger partial charge is 0.270 e. The lowest BCUT2D eigenvalue weighted by Gasteiger charge is -2.10. The third-order valence-corrected chi connectivity index (χ3v) is 2.62. The molecule has 0 unspecified atom stereocenters. The van der Waals surface area contributed by atoms with E-state index in [1.807, 2.05) is 0 Å². The Hall–Kier alpha value is -3.03. The van der Waals surface area contributed by atoms with Crippen molar-refractivity contribution in [3.63, 3.8) is 0 Å². The number of rotatable bonds is 4. The van der Waals surface area contributed by atoms with Crippen LogP contribution in [0.5, 0.6) is 0 Å². The monoisotopic (exact) mass is 287 g/mol. The average molecular weight is 287 g/mol. The standard InChI is InChI=1S/C13H13N5O3/c1-17(2)13-14-7-10(8-15-13)16-12(19)9-4-3-5-11(6-9)18(20)21/h3-8H,1-2H3,(H,16,19). The van der Waals surface area contributed by atoms with Gasteiger partial charge in [0, 0.05) is 31.8 Å². The van der Waals surface area contributed by atoms with Gasteiger partial charge in [-0.1, -0.05) is 6.07 Å². The normalized spacial score (nSPS) is 10.0. The Bertz CT molecular complexity index is 670. The summed E-state index contributed by atoms with van der Waals surface area (Å²) in [5, 5.41) is 13.3. The van der Waals surface area contributed by atoms with Crippen molar-refractivity contribution in [2.24, 2.45) is 0 Å². The molecule has 0 atom stereocenters. The molecule has 0 aliphatic rings. The van der Waals surface area contributed by atoms with Crippen molar-refractivity contribution in [2.75, 3.05) is 24.3 Å². The number of aromatic nitrogens is 2. The van der Waals surface area contributed by atoms with Crippen LogP contribution in [0.2, 0.25) is 0 Å². The van der Waals surface area contributed by atoms with Crippen LogP contribution in [-0.4, -0.2) is 34.9 Å². The van der Waals surface area contributed by atoms with E-state index < -0.39 is 10.8 Å². The second kappa shape index (κ2) is 5.95. The van der Waals surface area contributed by atoms with E-state index in [9.17, 15) is 14.9 Å². The molecular formula is C13H13N5O3. The van der Waals surface area contributed by atoms with Crippen LogP contribution < -0.4 is 10.2 Å². The second-order valence-corrected chi connectivity index (χ2v) is 4.43. The van der Waals surface area contributed by atoms with Gasteiger partial charge in [0.05, 0.1) is 23.0 Å². The Labute approximate surface area is 120 Å². The number of anilines is 2. The zero-order chi connectivity index (χ0) is 15.4. The van der Waals surface area contributed by atoms with E-state index >= 15 is 0 Å². The molecule has 0 saturated heterocycles. The number of hydrogen-bond acceptors (Lipinski definition) is 6. The first-order valence-electron chi connectivity index (χ1n) is 6.02. The van der Waals surface area contributed by atoms with Crippen LogP contribution in [0, 0.1) is 10.1 Å². The molecule has 0 bridgehead atoms. The summed E-state index contributed by atoms with van der Waals surface area (Å²) in [5.74, 6) is 0.0586. The van der Waals surface area contributed by atoms with Crippen molar-refractivity contribution in [1.82, 2.24) is 9.97 Å². The number of non-ortho nitro benzene ring substituents is 1. The molecule has 1 aromatic heterocycles. The van der Waals surface area contributed by atoms with Gasteiger partial charge in [-0.15, -0.1) is 0 Å². The minimum absolute atomic E-state index is 0.137. The molecule has 2 rings (SSSR count). The first kappa shape index (κ1) is 14.4. The van der Waals surface area contributed by atoms with Gasteiger partial charge in [-0.2, -0.15) is 0 Å². The number of nitro benzene ring substituents is 1. The lowest BCUT2D eigenvalue weighted by molar-refractivity contribution is -0.384. The van der Waals surface area contributed by atoms with Crippen molar-refractivity contribution in [1.29, 1.82) is 0 Å². The van der Waals surface area contributed by atoms with Crippen molar-refractivity contribution in [3.8, 4) is 0 Å². The molecule has 8 heteroatoms. The molecule has 0 aliphatic heterocycles. The Balaban J connectivity index is 2.14. The number of nitrogens with zero attached hydrogens (tertiary/aromatic N) is 4. The van der Waals surface area contributed by atoms with Gasteiger partial charge in [-0.25, -0.2) is 9.97 Å². The van der Waals surface area contributed by atoms with Crippen LogP contribution in [0.4, 0.5) is 17.3 Å². The number of nitro groups is 1. The number of benzene rings is 1. The molecule has 8 nitrogen and oxygen atoms in total. The minimum Gasteiger partial charge on any atom is -0.347 e. The van der Waals surface area contributed by atoms with E-state index in [1.165, 1.54) is 36.7 Å². The number of nitrogens with one attached hydrogen (secondary N) is 1. The Morgan fingerprint density at radius 1 is 1.29 bits per heavy atom. The zero-order valence-electron chi connectivity index (χ0n) is 11.5. The van der Waals surface area contributed by atoms with Crippen LogP contribution in [0.3, 0.4) is 0 Å². The summed E-state index contributed by atoms with van der Waals surface area (Å²) in [5.41, 5.74) is 0.472. The Kier molecular flexibility index (Phi) is 4.07. The fourth-order valence-electron chi connectivity index (χ4n) is 1.58. The quantitative estimate of drug-likeness (QED) is 0.678. The fourth-order valence-corrected chi connectivity index (χ4v) is 1.58. The molecule has 1 amide bonds. The predicted octanol–water partition coefficient (Wildman–Crippen LogP) is 1.70. The van der Waals surface area contributed by atoms with Gasteiger partial charge >= 0.3 is 0 Å². The Morgan fingerprint density at radius 3 is 2.52 bits per heavy atom. The molecule has 0 saturated carbocycles. The van der Waals surface area contributed by atoms with Crippen molar-refractivity contribution >= 4 is 23.2 Å². The zero-order valence-corrected chi connectivity index (χ0v) is 11.5. The number of carbonyl (C=O) groups is 1. The summed E-state index contributed by atoms with van der Waals surface area (Å²) in [7, 11) is 3.60. The molecule has 1 heterocycles. The summed E-state index contributed by atoms with van der Waals surface area (Å²) < 4.78 is 0. The highest BCUT2D eigenvalue weighted by Crippen LogP contribution is 2.15. The van der Waals surface area contributed by atoms with Crippen LogP contribution in [0.1, 0.15) is 10.4 Å². The van der Waals surface area contributed by atoms with E-state index in [4.69, 9.17) is 0 Å². The maximum atomic E-state index is 12.0. The highest BCUT2D eigenvalue weighted by atomic mass is 16.6. The van der Waals surface area contributed by atoms with Gasteiger partial charge in [0.25, 0.3) is 11.6 Å². The van der Waals surface area contributed by atoms with E-state index in [0.29, 0.717) is 11.6 Å². The third-order valence-electron chi connectivity index (χ3n) is 2.62. The second-order valence-electron chi connectivity index (χ2n) is 4.43. The molecule has 0 fully saturated rings. The van der Waals surface area contributed by atoms with Crippen molar-refractivity contribution < 1.29 is 9.72 Å². The van der Waals surface area contributed by atoms with Gasteiger partial charge in [0.1, 0.15) is 0 Å². The van der Waals surface area contributed by atoms with Gasteiger partial charge in [0.2, 0.25) is 5.95 Å². The SMILES string of the molecule is CN(C)c1ncc(NC(=O)c2cccc([N+](=O)[O-])c2)cn1. The predicted molar refractivity (Wildman–Crippen MR) is 77.4 cm³/mol. The molecule has 2 aromatic rings. The number of hydrogen-bond donors (Lipinski definition) is 1. The molecule has 1 aromatic carbocycles. The van der Waals surface area contributed by atoms with Crippen molar-refractivity contribution in [3.05, 3.63) is 52.3 Å². The first-order chi connectivity index (χ1) is 9.97. The molecule has 0 aliphatic carbocycles. The van der Waals surface area contributed by atoms with Crippen LogP contribution in [0.25, 0.3) is 0 Å². The van der Waals surface area contributed by atoms with Gasteiger partial charge in [-0.3, -0.25) is 14.9 Å². The highest BCUT2D eigenvalue weighted by Gasteiger charge is 2.12. The van der Waals surface area contributed by atoms with Crippen molar-refractivity contribution in [2.45, 2.75) is 0 Å². The van der Waals surface area contributed by atoms with E-state index in [1.54, 1.807) is 19.0 Å². The lowest BCUT2D eigenvalue weighted by Crippen LogP contribution is -2.15. The summed E-state index contributed by atoms with van der Waals surface area (Å²) in [4.78, 5) is 32.0. The highest BCUT2D eigenvalue weighted by molar-refractivity contribution is 6.04.